The first kappa shape index (κ1) is 10.6. The van der Waals surface area contributed by atoms with Crippen molar-refractivity contribution in [1.29, 1.82) is 0 Å². The van der Waals surface area contributed by atoms with Crippen molar-refractivity contribution < 1.29 is 0 Å². The molecule has 4 aliphatic carbocycles. The molecule has 0 spiro atoms. The van der Waals surface area contributed by atoms with Gasteiger partial charge >= 0.3 is 0 Å². The Hall–Kier alpha value is -0.300. The lowest BCUT2D eigenvalue weighted by Gasteiger charge is -2.19. The van der Waals surface area contributed by atoms with Gasteiger partial charge in [0.1, 0.15) is 0 Å². The van der Waals surface area contributed by atoms with E-state index in [0.717, 1.165) is 29.6 Å². The molecule has 5 unspecified atom stereocenters. The number of hydrogen-bond donors (Lipinski definition) is 1. The Morgan fingerprint density at radius 2 is 1.82 bits per heavy atom. The predicted molar refractivity (Wildman–Crippen MR) is 70.4 cm³/mol. The molecule has 2 N–H and O–H groups in total. The van der Waals surface area contributed by atoms with E-state index in [1.165, 1.54) is 44.9 Å². The second kappa shape index (κ2) is 3.85. The summed E-state index contributed by atoms with van der Waals surface area (Å²) in [6, 6.07) is 0.437. The Morgan fingerprint density at radius 3 is 2.59 bits per heavy atom. The van der Waals surface area contributed by atoms with Gasteiger partial charge in [0.2, 0.25) is 0 Å². The van der Waals surface area contributed by atoms with Crippen molar-refractivity contribution in [1.82, 2.24) is 0 Å². The van der Waals surface area contributed by atoms with E-state index in [1.807, 2.05) is 0 Å². The van der Waals surface area contributed by atoms with E-state index in [1.54, 1.807) is 12.0 Å². The molecular formula is C16H25N. The highest BCUT2D eigenvalue weighted by atomic mass is 14.8. The van der Waals surface area contributed by atoms with Crippen molar-refractivity contribution in [2.75, 3.05) is 0 Å². The minimum absolute atomic E-state index is 0.437. The lowest BCUT2D eigenvalue weighted by Crippen LogP contribution is -2.28. The van der Waals surface area contributed by atoms with Crippen LogP contribution in [0.1, 0.15) is 51.4 Å². The van der Waals surface area contributed by atoms with Gasteiger partial charge in [-0.1, -0.05) is 18.1 Å². The van der Waals surface area contributed by atoms with E-state index in [4.69, 9.17) is 5.73 Å². The van der Waals surface area contributed by atoms with E-state index in [0.29, 0.717) is 6.04 Å². The second-order valence-electron chi connectivity index (χ2n) is 6.97. The van der Waals surface area contributed by atoms with Crippen LogP contribution >= 0.6 is 0 Å². The quantitative estimate of drug-likeness (QED) is 0.723. The fourth-order valence-electron chi connectivity index (χ4n) is 5.46. The highest BCUT2D eigenvalue weighted by molar-refractivity contribution is 5.23. The number of hydrogen-bond acceptors (Lipinski definition) is 1. The maximum absolute atomic E-state index is 6.60. The van der Waals surface area contributed by atoms with Crippen LogP contribution in [0.4, 0.5) is 0 Å². The molecule has 0 amide bonds. The van der Waals surface area contributed by atoms with Crippen molar-refractivity contribution in [2.45, 2.75) is 57.4 Å². The lowest BCUT2D eigenvalue weighted by atomic mass is 9.91. The van der Waals surface area contributed by atoms with Crippen LogP contribution in [-0.4, -0.2) is 6.04 Å². The van der Waals surface area contributed by atoms with Gasteiger partial charge in [-0.05, 0) is 74.5 Å². The Bertz CT molecular complexity index is 329. The molecule has 0 saturated heterocycles. The monoisotopic (exact) mass is 231 g/mol. The molecule has 1 nitrogen and oxygen atoms in total. The normalized spacial score (nSPS) is 49.5. The van der Waals surface area contributed by atoms with Crippen LogP contribution in [0.5, 0.6) is 0 Å². The minimum Gasteiger partial charge on any atom is -0.324 e. The average Bonchev–Trinajstić information content (AvgIpc) is 2.93. The first-order valence-electron chi connectivity index (χ1n) is 7.81. The van der Waals surface area contributed by atoms with Gasteiger partial charge in [0.15, 0.2) is 0 Å². The average molecular weight is 231 g/mol. The van der Waals surface area contributed by atoms with Crippen molar-refractivity contribution in [3.63, 3.8) is 0 Å². The summed E-state index contributed by atoms with van der Waals surface area (Å²) in [5.74, 6) is 5.14. The summed E-state index contributed by atoms with van der Waals surface area (Å²) in [5, 5.41) is 0. The molecular weight excluding hydrogens is 206 g/mol. The zero-order valence-electron chi connectivity index (χ0n) is 10.8. The van der Waals surface area contributed by atoms with Gasteiger partial charge in [0.05, 0.1) is 0 Å². The molecule has 0 aliphatic heterocycles. The third-order valence-corrected chi connectivity index (χ3v) is 6.21. The third-order valence-electron chi connectivity index (χ3n) is 6.21. The van der Waals surface area contributed by atoms with Crippen LogP contribution in [0.3, 0.4) is 0 Å². The zero-order valence-corrected chi connectivity index (χ0v) is 10.8. The molecule has 4 rings (SSSR count). The smallest absolute Gasteiger partial charge is 0.0288 e. The first-order chi connectivity index (χ1) is 8.36. The molecule has 0 aromatic heterocycles. The summed E-state index contributed by atoms with van der Waals surface area (Å²) in [6.07, 6.45) is 13.9. The molecule has 0 aromatic carbocycles. The van der Waals surface area contributed by atoms with Crippen LogP contribution in [0.2, 0.25) is 0 Å². The molecule has 4 aliphatic rings. The molecule has 5 atom stereocenters. The molecule has 0 radical (unpaired) electrons. The molecule has 3 saturated carbocycles. The molecule has 17 heavy (non-hydrogen) atoms. The van der Waals surface area contributed by atoms with Crippen LogP contribution < -0.4 is 5.73 Å². The van der Waals surface area contributed by atoms with Crippen LogP contribution in [0, 0.1) is 29.6 Å². The topological polar surface area (TPSA) is 26.0 Å². The van der Waals surface area contributed by atoms with Gasteiger partial charge in [0.25, 0.3) is 0 Å². The predicted octanol–water partition coefficient (Wildman–Crippen LogP) is 3.50. The van der Waals surface area contributed by atoms with Gasteiger partial charge in [-0.25, -0.2) is 0 Å². The van der Waals surface area contributed by atoms with Crippen LogP contribution in [0.15, 0.2) is 11.6 Å². The molecule has 3 fully saturated rings. The van der Waals surface area contributed by atoms with E-state index in [-0.39, 0.29) is 0 Å². The Morgan fingerprint density at radius 1 is 1.06 bits per heavy atom. The number of fused-ring (bicyclic) bond motifs is 5. The maximum atomic E-state index is 6.60. The molecule has 0 aromatic rings. The van der Waals surface area contributed by atoms with Crippen molar-refractivity contribution >= 4 is 0 Å². The van der Waals surface area contributed by atoms with Crippen molar-refractivity contribution in [2.24, 2.45) is 35.3 Å². The largest absolute Gasteiger partial charge is 0.324 e. The Kier molecular flexibility index (Phi) is 2.40. The SMILES string of the molecule is NC(C1=CCCCCC1)C1C2C3CCC(C3)C21. The highest BCUT2D eigenvalue weighted by Crippen LogP contribution is 2.70. The van der Waals surface area contributed by atoms with Gasteiger partial charge < -0.3 is 5.73 Å². The van der Waals surface area contributed by atoms with E-state index < -0.39 is 0 Å². The van der Waals surface area contributed by atoms with Crippen molar-refractivity contribution in [3.05, 3.63) is 11.6 Å². The van der Waals surface area contributed by atoms with Crippen LogP contribution in [-0.2, 0) is 0 Å². The van der Waals surface area contributed by atoms with E-state index >= 15 is 0 Å². The van der Waals surface area contributed by atoms with Gasteiger partial charge in [-0.3, -0.25) is 0 Å². The molecule has 94 valence electrons. The van der Waals surface area contributed by atoms with Crippen LogP contribution in [0.25, 0.3) is 0 Å². The van der Waals surface area contributed by atoms with E-state index in [2.05, 4.69) is 6.08 Å². The van der Waals surface area contributed by atoms with Crippen molar-refractivity contribution in [3.8, 4) is 0 Å². The zero-order chi connectivity index (χ0) is 11.4. The fraction of sp³-hybridized carbons (Fsp3) is 0.875. The number of nitrogens with two attached hydrogens (primary N) is 1. The summed E-state index contributed by atoms with van der Waals surface area (Å²) in [4.78, 5) is 0. The highest BCUT2D eigenvalue weighted by Gasteiger charge is 2.66. The molecule has 1 heteroatoms. The summed E-state index contributed by atoms with van der Waals surface area (Å²) >= 11 is 0. The summed E-state index contributed by atoms with van der Waals surface area (Å²) in [5.41, 5.74) is 8.22. The minimum atomic E-state index is 0.437. The Labute approximate surface area is 105 Å². The second-order valence-corrected chi connectivity index (χ2v) is 6.97. The number of rotatable bonds is 2. The van der Waals surface area contributed by atoms with Gasteiger partial charge in [-0.2, -0.15) is 0 Å². The van der Waals surface area contributed by atoms with Gasteiger partial charge in [0, 0.05) is 6.04 Å². The maximum Gasteiger partial charge on any atom is 0.0288 e. The summed E-state index contributed by atoms with van der Waals surface area (Å²) in [7, 11) is 0. The number of allylic oxidation sites excluding steroid dienone is 1. The first-order valence-corrected chi connectivity index (χ1v) is 7.81. The lowest BCUT2D eigenvalue weighted by molar-refractivity contribution is 0.428. The van der Waals surface area contributed by atoms with Gasteiger partial charge in [-0.15, -0.1) is 0 Å². The summed E-state index contributed by atoms with van der Waals surface area (Å²) < 4.78 is 0. The molecule has 0 heterocycles. The van der Waals surface area contributed by atoms with E-state index in [9.17, 15) is 0 Å². The Balaban J connectivity index is 1.48. The summed E-state index contributed by atoms with van der Waals surface area (Å²) in [6.45, 7) is 0. The molecule has 2 bridgehead atoms. The third kappa shape index (κ3) is 1.54. The standard InChI is InChI=1S/C16H25N/c17-16(10-5-3-1-2-4-6-10)15-13-11-7-8-12(9-11)14(13)15/h5,11-16H,1-4,6-9,17H2. The fourth-order valence-corrected chi connectivity index (χ4v) is 5.46.